The summed E-state index contributed by atoms with van der Waals surface area (Å²) in [5.41, 5.74) is 0.793. The molecule has 1 saturated heterocycles. The molecule has 1 atom stereocenters. The maximum absolute atomic E-state index is 13.8. The fourth-order valence-corrected chi connectivity index (χ4v) is 3.71. The van der Waals surface area contributed by atoms with Crippen molar-refractivity contribution in [3.63, 3.8) is 0 Å². The minimum atomic E-state index is -0.0993. The third-order valence-corrected chi connectivity index (χ3v) is 5.00. The first-order valence-electron chi connectivity index (χ1n) is 7.81. The van der Waals surface area contributed by atoms with Gasteiger partial charge in [-0.3, -0.25) is 4.90 Å². The van der Waals surface area contributed by atoms with E-state index in [0.29, 0.717) is 12.6 Å². The second kappa shape index (κ2) is 7.31. The smallest absolute Gasteiger partial charge is 0.127 e. The molecule has 0 aliphatic carbocycles. The average molecular weight is 319 g/mol. The zero-order valence-electron chi connectivity index (χ0n) is 12.9. The minimum absolute atomic E-state index is 0.0993. The molecule has 0 radical (unpaired) electrons. The van der Waals surface area contributed by atoms with Gasteiger partial charge in [0.1, 0.15) is 5.82 Å². The molecule has 5 heteroatoms. The van der Waals surface area contributed by atoms with Gasteiger partial charge in [-0.15, -0.1) is 11.3 Å². The molecule has 1 fully saturated rings. The average Bonchev–Trinajstić information content (AvgIpc) is 2.94. The van der Waals surface area contributed by atoms with Gasteiger partial charge in [0.2, 0.25) is 0 Å². The molecule has 2 heterocycles. The van der Waals surface area contributed by atoms with Gasteiger partial charge in [-0.2, -0.15) is 0 Å². The van der Waals surface area contributed by atoms with Crippen LogP contribution in [-0.4, -0.2) is 29.0 Å². The number of benzene rings is 1. The molecule has 1 aromatic carbocycles. The summed E-state index contributed by atoms with van der Waals surface area (Å²) < 4.78 is 13.8. The summed E-state index contributed by atoms with van der Waals surface area (Å²) in [4.78, 5) is 7.91. The number of halogens is 1. The van der Waals surface area contributed by atoms with Crippen molar-refractivity contribution in [2.24, 2.45) is 0 Å². The highest BCUT2D eigenvalue weighted by molar-refractivity contribution is 7.11. The van der Waals surface area contributed by atoms with E-state index >= 15 is 0 Å². The number of aryl methyl sites for hydroxylation is 1. The summed E-state index contributed by atoms with van der Waals surface area (Å²) in [6.07, 6.45) is 4.30. The lowest BCUT2D eigenvalue weighted by Crippen LogP contribution is -2.45. The Morgan fingerprint density at radius 2 is 2.27 bits per heavy atom. The number of nitrogens with zero attached hydrogens (tertiary/aromatic N) is 2. The molecule has 3 rings (SSSR count). The number of hydrogen-bond acceptors (Lipinski definition) is 4. The summed E-state index contributed by atoms with van der Waals surface area (Å²) in [6, 6.07) is 7.55. The van der Waals surface area contributed by atoms with Gasteiger partial charge >= 0.3 is 0 Å². The molecule has 3 nitrogen and oxygen atoms in total. The Bertz CT molecular complexity index is 613. The first-order valence-corrected chi connectivity index (χ1v) is 8.63. The van der Waals surface area contributed by atoms with Crippen LogP contribution in [0.15, 0.2) is 30.5 Å². The molecule has 2 aromatic rings. The molecule has 1 N–H and O–H groups in total. The number of likely N-dealkylation sites (tertiary alicyclic amines) is 1. The Kier molecular flexibility index (Phi) is 5.18. The molecular weight excluding hydrogens is 297 g/mol. The SMILES string of the molecule is Cc1ncc(CN[C@H]2CCCN(Cc3ccccc3F)C2)s1. The number of rotatable bonds is 5. The standard InChI is InChI=1S/C17H22FN3S/c1-13-19-9-16(22-13)10-20-15-6-4-8-21(12-15)11-14-5-2-3-7-17(14)18/h2-3,5,7,9,15,20H,4,6,8,10-12H2,1H3/t15-/m0/s1. The molecule has 0 spiro atoms. The van der Waals surface area contributed by atoms with Crippen LogP contribution in [0, 0.1) is 12.7 Å². The number of aromatic nitrogens is 1. The van der Waals surface area contributed by atoms with Crippen LogP contribution in [0.2, 0.25) is 0 Å². The third kappa shape index (κ3) is 4.12. The van der Waals surface area contributed by atoms with Crippen LogP contribution in [0.3, 0.4) is 0 Å². The molecule has 1 aromatic heterocycles. The number of nitrogens with one attached hydrogen (secondary N) is 1. The van der Waals surface area contributed by atoms with E-state index in [4.69, 9.17) is 0 Å². The predicted octanol–water partition coefficient (Wildman–Crippen LogP) is 3.34. The van der Waals surface area contributed by atoms with Crippen LogP contribution in [0.25, 0.3) is 0 Å². The van der Waals surface area contributed by atoms with Crippen LogP contribution in [0.1, 0.15) is 28.3 Å². The van der Waals surface area contributed by atoms with Gasteiger partial charge in [0, 0.05) is 42.3 Å². The van der Waals surface area contributed by atoms with Crippen molar-refractivity contribution in [3.05, 3.63) is 51.7 Å². The van der Waals surface area contributed by atoms with Gasteiger partial charge in [0.25, 0.3) is 0 Å². The summed E-state index contributed by atoms with van der Waals surface area (Å²) in [5.74, 6) is -0.0993. The summed E-state index contributed by atoms with van der Waals surface area (Å²) >= 11 is 1.74. The molecule has 0 bridgehead atoms. The van der Waals surface area contributed by atoms with Gasteiger partial charge < -0.3 is 5.32 Å². The van der Waals surface area contributed by atoms with E-state index in [0.717, 1.165) is 36.6 Å². The Morgan fingerprint density at radius 3 is 3.05 bits per heavy atom. The third-order valence-electron chi connectivity index (χ3n) is 4.09. The topological polar surface area (TPSA) is 28.2 Å². The maximum atomic E-state index is 13.8. The Hall–Kier alpha value is -1.30. The van der Waals surface area contributed by atoms with E-state index in [2.05, 4.69) is 15.2 Å². The van der Waals surface area contributed by atoms with E-state index in [1.165, 1.54) is 11.3 Å². The normalized spacial score (nSPS) is 19.5. The van der Waals surface area contributed by atoms with Crippen LogP contribution in [0.5, 0.6) is 0 Å². The highest BCUT2D eigenvalue weighted by Gasteiger charge is 2.20. The highest BCUT2D eigenvalue weighted by atomic mass is 32.1. The predicted molar refractivity (Wildman–Crippen MR) is 88.4 cm³/mol. The Labute approximate surface area is 135 Å². The Balaban J connectivity index is 1.52. The van der Waals surface area contributed by atoms with Gasteiger partial charge in [-0.1, -0.05) is 18.2 Å². The number of hydrogen-bond donors (Lipinski definition) is 1. The van der Waals surface area contributed by atoms with Crippen LogP contribution < -0.4 is 5.32 Å². The Morgan fingerprint density at radius 1 is 1.41 bits per heavy atom. The van der Waals surface area contributed by atoms with Gasteiger partial charge in [0.05, 0.1) is 5.01 Å². The second-order valence-corrected chi connectivity index (χ2v) is 7.21. The lowest BCUT2D eigenvalue weighted by molar-refractivity contribution is 0.181. The maximum Gasteiger partial charge on any atom is 0.127 e. The lowest BCUT2D eigenvalue weighted by Gasteiger charge is -2.33. The highest BCUT2D eigenvalue weighted by Crippen LogP contribution is 2.17. The molecule has 0 saturated carbocycles. The summed E-state index contributed by atoms with van der Waals surface area (Å²) in [5, 5.41) is 4.73. The van der Waals surface area contributed by atoms with Gasteiger partial charge in [-0.25, -0.2) is 9.37 Å². The fraction of sp³-hybridized carbons (Fsp3) is 0.471. The van der Waals surface area contributed by atoms with E-state index in [9.17, 15) is 4.39 Å². The summed E-state index contributed by atoms with van der Waals surface area (Å²) in [7, 11) is 0. The molecule has 118 valence electrons. The van der Waals surface area contributed by atoms with Crippen molar-refractivity contribution in [3.8, 4) is 0 Å². The zero-order valence-corrected chi connectivity index (χ0v) is 13.7. The van der Waals surface area contributed by atoms with Crippen LogP contribution in [-0.2, 0) is 13.1 Å². The largest absolute Gasteiger partial charge is 0.308 e. The van der Waals surface area contributed by atoms with Crippen molar-refractivity contribution >= 4 is 11.3 Å². The van der Waals surface area contributed by atoms with Crippen molar-refractivity contribution < 1.29 is 4.39 Å². The van der Waals surface area contributed by atoms with Gasteiger partial charge in [0.15, 0.2) is 0 Å². The molecule has 1 aliphatic heterocycles. The van der Waals surface area contributed by atoms with Crippen molar-refractivity contribution in [2.45, 2.75) is 38.9 Å². The minimum Gasteiger partial charge on any atom is -0.308 e. The zero-order chi connectivity index (χ0) is 15.4. The molecule has 0 amide bonds. The molecule has 1 aliphatic rings. The first-order chi connectivity index (χ1) is 10.7. The number of piperidine rings is 1. The van der Waals surface area contributed by atoms with Crippen molar-refractivity contribution in [1.82, 2.24) is 15.2 Å². The van der Waals surface area contributed by atoms with Crippen LogP contribution >= 0.6 is 11.3 Å². The van der Waals surface area contributed by atoms with E-state index < -0.39 is 0 Å². The van der Waals surface area contributed by atoms with Crippen LogP contribution in [0.4, 0.5) is 4.39 Å². The van der Waals surface area contributed by atoms with Gasteiger partial charge in [-0.05, 0) is 32.4 Å². The molecule has 22 heavy (non-hydrogen) atoms. The first kappa shape index (κ1) is 15.6. The van der Waals surface area contributed by atoms with Crippen molar-refractivity contribution in [2.75, 3.05) is 13.1 Å². The summed E-state index contributed by atoms with van der Waals surface area (Å²) in [6.45, 7) is 5.64. The van der Waals surface area contributed by atoms with E-state index in [-0.39, 0.29) is 5.82 Å². The second-order valence-electron chi connectivity index (χ2n) is 5.89. The van der Waals surface area contributed by atoms with Crippen molar-refractivity contribution in [1.29, 1.82) is 0 Å². The number of thiazole rings is 1. The van der Waals surface area contributed by atoms with E-state index in [1.54, 1.807) is 23.5 Å². The van der Waals surface area contributed by atoms with E-state index in [1.807, 2.05) is 25.3 Å². The lowest BCUT2D eigenvalue weighted by atomic mass is 10.0. The quantitative estimate of drug-likeness (QED) is 0.916. The monoisotopic (exact) mass is 319 g/mol. The molecule has 0 unspecified atom stereocenters. The fourth-order valence-electron chi connectivity index (χ4n) is 2.97. The molecular formula is C17H22FN3S.